The van der Waals surface area contributed by atoms with Gasteiger partial charge in [0.05, 0.1) is 6.10 Å². The molecule has 0 bridgehead atoms. The van der Waals surface area contributed by atoms with E-state index in [1.54, 1.807) is 0 Å². The summed E-state index contributed by atoms with van der Waals surface area (Å²) < 4.78 is 5.75. The summed E-state index contributed by atoms with van der Waals surface area (Å²) in [5.74, 6) is 1.94. The monoisotopic (exact) mass is 405 g/mol. The van der Waals surface area contributed by atoms with Gasteiger partial charge in [-0.3, -0.25) is 5.10 Å². The first kappa shape index (κ1) is 19.5. The molecule has 0 radical (unpaired) electrons. The van der Waals surface area contributed by atoms with Crippen LogP contribution < -0.4 is 4.74 Å². The molecule has 0 saturated carbocycles. The van der Waals surface area contributed by atoms with Crippen molar-refractivity contribution in [1.82, 2.24) is 15.2 Å². The summed E-state index contributed by atoms with van der Waals surface area (Å²) in [5.41, 5.74) is 2.29. The van der Waals surface area contributed by atoms with E-state index in [0.717, 1.165) is 28.9 Å². The van der Waals surface area contributed by atoms with Crippen molar-refractivity contribution in [3.63, 3.8) is 0 Å². The van der Waals surface area contributed by atoms with Gasteiger partial charge in [-0.15, -0.1) is 5.10 Å². The lowest BCUT2D eigenvalue weighted by Crippen LogP contribution is -2.20. The quantitative estimate of drug-likeness (QED) is 0.415. The maximum atomic E-state index is 10.3. The Bertz CT molecular complexity index is 1080. The molecule has 0 amide bonds. The van der Waals surface area contributed by atoms with Gasteiger partial charge in [0, 0.05) is 11.3 Å². The first-order chi connectivity index (χ1) is 14.2. The van der Waals surface area contributed by atoms with Crippen LogP contribution in [0.15, 0.2) is 71.9 Å². The zero-order valence-electron chi connectivity index (χ0n) is 16.2. The Hall–Kier alpha value is -2.83. The number of nitrogens with zero attached hydrogens (tertiary/aromatic N) is 2. The molecular weight excluding hydrogens is 382 g/mol. The second-order valence-electron chi connectivity index (χ2n) is 6.80. The number of nitrogens with one attached hydrogen (secondary N) is 1. The number of ether oxygens (including phenoxy) is 1. The van der Waals surface area contributed by atoms with Crippen molar-refractivity contribution in [2.45, 2.75) is 24.6 Å². The van der Waals surface area contributed by atoms with E-state index in [-0.39, 0.29) is 6.61 Å². The number of aliphatic hydroxyl groups is 1. The Morgan fingerprint density at radius 1 is 1.03 bits per heavy atom. The molecule has 0 spiro atoms. The Kier molecular flexibility index (Phi) is 6.12. The summed E-state index contributed by atoms with van der Waals surface area (Å²) in [6.07, 6.45) is 0.397. The van der Waals surface area contributed by atoms with Gasteiger partial charge in [-0.25, -0.2) is 4.98 Å². The van der Waals surface area contributed by atoms with Gasteiger partial charge in [0.2, 0.25) is 5.16 Å². The van der Waals surface area contributed by atoms with E-state index in [2.05, 4.69) is 40.3 Å². The maximum absolute atomic E-state index is 10.3. The van der Waals surface area contributed by atoms with E-state index in [9.17, 15) is 5.11 Å². The largest absolute Gasteiger partial charge is 0.491 e. The number of rotatable bonds is 8. The van der Waals surface area contributed by atoms with E-state index in [1.165, 1.54) is 22.7 Å². The number of aryl methyl sites for hydroxylation is 1. The van der Waals surface area contributed by atoms with E-state index in [1.807, 2.05) is 48.5 Å². The molecule has 4 rings (SSSR count). The minimum absolute atomic E-state index is 0.223. The predicted molar refractivity (Wildman–Crippen MR) is 117 cm³/mol. The van der Waals surface area contributed by atoms with Crippen LogP contribution in [-0.4, -0.2) is 38.8 Å². The smallest absolute Gasteiger partial charge is 0.208 e. The number of aromatic amines is 1. The van der Waals surface area contributed by atoms with Crippen LogP contribution in [0.25, 0.3) is 22.2 Å². The van der Waals surface area contributed by atoms with Gasteiger partial charge >= 0.3 is 0 Å². The Morgan fingerprint density at radius 3 is 2.62 bits per heavy atom. The van der Waals surface area contributed by atoms with Gasteiger partial charge in [-0.2, -0.15) is 0 Å². The van der Waals surface area contributed by atoms with Crippen molar-refractivity contribution in [3.05, 3.63) is 72.3 Å². The molecule has 0 saturated heterocycles. The van der Waals surface area contributed by atoms with Crippen LogP contribution in [0.3, 0.4) is 0 Å². The fourth-order valence-electron chi connectivity index (χ4n) is 3.01. The Balaban J connectivity index is 1.29. The summed E-state index contributed by atoms with van der Waals surface area (Å²) in [6, 6.07) is 22.3. The van der Waals surface area contributed by atoms with Gasteiger partial charge in [0.15, 0.2) is 5.82 Å². The van der Waals surface area contributed by atoms with Crippen molar-refractivity contribution in [2.75, 3.05) is 12.4 Å². The molecule has 3 aromatic carbocycles. The summed E-state index contributed by atoms with van der Waals surface area (Å²) in [4.78, 5) is 4.50. The minimum atomic E-state index is -0.614. The molecule has 0 aliphatic carbocycles. The average Bonchev–Trinajstić information content (AvgIpc) is 3.25. The van der Waals surface area contributed by atoms with Crippen LogP contribution in [0, 0.1) is 0 Å². The molecule has 1 atom stereocenters. The third-order valence-electron chi connectivity index (χ3n) is 4.67. The zero-order chi connectivity index (χ0) is 20.1. The normalized spacial score (nSPS) is 12.2. The number of hydrogen-bond donors (Lipinski definition) is 2. The van der Waals surface area contributed by atoms with Crippen LogP contribution in [0.2, 0.25) is 0 Å². The molecule has 4 aromatic rings. The lowest BCUT2D eigenvalue weighted by molar-refractivity contribution is 0.126. The number of thioether (sulfide) groups is 1. The first-order valence-electron chi connectivity index (χ1n) is 9.65. The molecule has 1 unspecified atom stereocenters. The highest BCUT2D eigenvalue weighted by Crippen LogP contribution is 2.22. The molecule has 0 fully saturated rings. The number of fused-ring (bicyclic) bond motifs is 1. The fourth-order valence-corrected chi connectivity index (χ4v) is 3.71. The maximum Gasteiger partial charge on any atom is 0.208 e. The fraction of sp³-hybridized carbons (Fsp3) is 0.217. The van der Waals surface area contributed by atoms with Crippen LogP contribution in [-0.2, 0) is 6.42 Å². The molecule has 1 heterocycles. The number of aromatic nitrogens is 3. The first-order valence-corrected chi connectivity index (χ1v) is 10.6. The zero-order valence-corrected chi connectivity index (χ0v) is 17.0. The summed E-state index contributed by atoms with van der Waals surface area (Å²) in [7, 11) is 0. The highest BCUT2D eigenvalue weighted by Gasteiger charge is 2.11. The second-order valence-corrected chi connectivity index (χ2v) is 7.79. The van der Waals surface area contributed by atoms with Gasteiger partial charge in [0.25, 0.3) is 0 Å². The van der Waals surface area contributed by atoms with Gasteiger partial charge in [-0.05, 0) is 34.9 Å². The van der Waals surface area contributed by atoms with Crippen molar-refractivity contribution >= 4 is 22.5 Å². The number of H-pyrrole nitrogens is 1. The number of aliphatic hydroxyl groups excluding tert-OH is 1. The minimum Gasteiger partial charge on any atom is -0.491 e. The van der Waals surface area contributed by atoms with Crippen LogP contribution in [0.1, 0.15) is 12.5 Å². The molecule has 2 N–H and O–H groups in total. The van der Waals surface area contributed by atoms with E-state index < -0.39 is 6.10 Å². The van der Waals surface area contributed by atoms with E-state index in [0.29, 0.717) is 10.9 Å². The summed E-state index contributed by atoms with van der Waals surface area (Å²) in [6.45, 7) is 2.36. The van der Waals surface area contributed by atoms with E-state index >= 15 is 0 Å². The van der Waals surface area contributed by atoms with Crippen molar-refractivity contribution in [1.29, 1.82) is 0 Å². The van der Waals surface area contributed by atoms with Gasteiger partial charge < -0.3 is 9.84 Å². The second kappa shape index (κ2) is 9.11. The Morgan fingerprint density at radius 2 is 1.83 bits per heavy atom. The van der Waals surface area contributed by atoms with E-state index in [4.69, 9.17) is 4.74 Å². The predicted octanol–water partition coefficient (Wildman–Crippen LogP) is 4.72. The van der Waals surface area contributed by atoms with Crippen molar-refractivity contribution in [2.24, 2.45) is 0 Å². The highest BCUT2D eigenvalue weighted by atomic mass is 32.2. The van der Waals surface area contributed by atoms with Crippen LogP contribution >= 0.6 is 11.8 Å². The number of hydrogen-bond acceptors (Lipinski definition) is 5. The standard InChI is InChI=1S/C23H23N3O2S/c1-2-16-7-9-18(10-8-16)22-24-23(26-25-22)29-15-20(27)14-28-21-12-11-17-5-3-4-6-19(17)13-21/h3-13,20,27H,2,14-15H2,1H3,(H,24,25,26). The lowest BCUT2D eigenvalue weighted by Gasteiger charge is -2.11. The van der Waals surface area contributed by atoms with Crippen molar-refractivity contribution in [3.8, 4) is 17.1 Å². The van der Waals surface area contributed by atoms with Crippen LogP contribution in [0.5, 0.6) is 5.75 Å². The summed E-state index contributed by atoms with van der Waals surface area (Å²) >= 11 is 1.41. The SMILES string of the molecule is CCc1ccc(-c2nc(SCC(O)COc3ccc4ccccc4c3)n[nH]2)cc1. The molecule has 1 aromatic heterocycles. The summed E-state index contributed by atoms with van der Waals surface area (Å²) in [5, 5.41) is 20.4. The topological polar surface area (TPSA) is 71.0 Å². The third-order valence-corrected chi connectivity index (χ3v) is 5.66. The van der Waals surface area contributed by atoms with Crippen molar-refractivity contribution < 1.29 is 9.84 Å². The molecule has 0 aliphatic heterocycles. The molecule has 29 heavy (non-hydrogen) atoms. The molecule has 148 valence electrons. The molecule has 0 aliphatic rings. The highest BCUT2D eigenvalue weighted by molar-refractivity contribution is 7.99. The molecule has 6 heteroatoms. The Labute approximate surface area is 174 Å². The number of benzene rings is 3. The third kappa shape index (κ3) is 4.96. The van der Waals surface area contributed by atoms with Crippen LogP contribution in [0.4, 0.5) is 0 Å². The average molecular weight is 406 g/mol. The van der Waals surface area contributed by atoms with Gasteiger partial charge in [0.1, 0.15) is 12.4 Å². The molecule has 5 nitrogen and oxygen atoms in total. The van der Waals surface area contributed by atoms with Gasteiger partial charge in [-0.1, -0.05) is 73.3 Å². The lowest BCUT2D eigenvalue weighted by atomic mass is 10.1. The molecular formula is C23H23N3O2S.